The van der Waals surface area contributed by atoms with E-state index >= 15 is 0 Å². The number of carbonyl (C=O) groups is 1. The van der Waals surface area contributed by atoms with Gasteiger partial charge < -0.3 is 14.8 Å². The minimum absolute atomic E-state index is 0.0786. The Kier molecular flexibility index (Phi) is 5.44. The summed E-state index contributed by atoms with van der Waals surface area (Å²) in [6.07, 6.45) is 5.97. The lowest BCUT2D eigenvalue weighted by atomic mass is 10.1. The van der Waals surface area contributed by atoms with Gasteiger partial charge in [0.05, 0.1) is 17.1 Å². The Morgan fingerprint density at radius 3 is 2.57 bits per heavy atom. The molecular formula is C20H26N2O5S. The van der Waals surface area contributed by atoms with Crippen LogP contribution in [0.25, 0.3) is 0 Å². The van der Waals surface area contributed by atoms with Crippen LogP contribution in [0.2, 0.25) is 0 Å². The van der Waals surface area contributed by atoms with Crippen molar-refractivity contribution >= 4 is 15.9 Å². The van der Waals surface area contributed by atoms with Gasteiger partial charge in [-0.15, -0.1) is 0 Å². The van der Waals surface area contributed by atoms with Crippen LogP contribution < -0.4 is 10.1 Å². The first kappa shape index (κ1) is 19.4. The van der Waals surface area contributed by atoms with Gasteiger partial charge in [-0.05, 0) is 62.4 Å². The maximum Gasteiger partial charge on any atom is 0.245 e. The normalized spacial score (nSPS) is 28.2. The molecule has 1 aliphatic carbocycles. The van der Waals surface area contributed by atoms with Crippen molar-refractivity contribution in [2.45, 2.75) is 55.4 Å². The predicted octanol–water partition coefficient (Wildman–Crippen LogP) is 2.05. The zero-order valence-electron chi connectivity index (χ0n) is 15.7. The van der Waals surface area contributed by atoms with Crippen molar-refractivity contribution < 1.29 is 22.7 Å². The molecule has 1 amide bonds. The Bertz CT molecular complexity index is 819. The van der Waals surface area contributed by atoms with E-state index in [-0.39, 0.29) is 35.2 Å². The van der Waals surface area contributed by atoms with Crippen LogP contribution in [0.5, 0.6) is 5.75 Å². The SMILES string of the molecule is C=CC(=O)NC1CC2CN(S(=O)(=O)c3ccc(OC4CCCC4)cc3)CC2O1. The Hall–Kier alpha value is -1.90. The highest BCUT2D eigenvalue weighted by Gasteiger charge is 2.46. The summed E-state index contributed by atoms with van der Waals surface area (Å²) in [7, 11) is -3.58. The van der Waals surface area contributed by atoms with Gasteiger partial charge in [0.2, 0.25) is 15.9 Å². The lowest BCUT2D eigenvalue weighted by molar-refractivity contribution is -0.120. The Morgan fingerprint density at radius 2 is 1.93 bits per heavy atom. The van der Waals surface area contributed by atoms with Gasteiger partial charge in [0.15, 0.2) is 0 Å². The van der Waals surface area contributed by atoms with Crippen LogP contribution in [0.15, 0.2) is 41.8 Å². The number of hydrogen-bond donors (Lipinski definition) is 1. The second-order valence-corrected chi connectivity index (χ2v) is 9.63. The molecule has 0 spiro atoms. The van der Waals surface area contributed by atoms with Gasteiger partial charge in [-0.2, -0.15) is 4.31 Å². The van der Waals surface area contributed by atoms with E-state index in [0.717, 1.165) is 12.8 Å². The smallest absolute Gasteiger partial charge is 0.245 e. The van der Waals surface area contributed by atoms with Gasteiger partial charge in [-0.1, -0.05) is 6.58 Å². The zero-order valence-corrected chi connectivity index (χ0v) is 16.6. The average Bonchev–Trinajstić information content (AvgIpc) is 3.39. The standard InChI is InChI=1S/C20H26N2O5S/c1-2-19(23)21-20-11-14-12-22(13-18(14)27-20)28(24,25)17-9-7-16(8-10-17)26-15-5-3-4-6-15/h2,7-10,14-15,18,20H,1,3-6,11-13H2,(H,21,23). The quantitative estimate of drug-likeness (QED) is 0.731. The number of hydrogen-bond acceptors (Lipinski definition) is 5. The maximum atomic E-state index is 13.0. The van der Waals surface area contributed by atoms with Crippen molar-refractivity contribution in [3.05, 3.63) is 36.9 Å². The van der Waals surface area contributed by atoms with Gasteiger partial charge in [0.25, 0.3) is 0 Å². The van der Waals surface area contributed by atoms with Crippen LogP contribution in [0.4, 0.5) is 0 Å². The molecule has 152 valence electrons. The number of benzene rings is 1. The second kappa shape index (κ2) is 7.85. The second-order valence-electron chi connectivity index (χ2n) is 7.69. The van der Waals surface area contributed by atoms with E-state index in [9.17, 15) is 13.2 Å². The number of ether oxygens (including phenoxy) is 2. The molecule has 1 aromatic rings. The van der Waals surface area contributed by atoms with E-state index in [1.54, 1.807) is 24.3 Å². The molecule has 2 heterocycles. The highest BCUT2D eigenvalue weighted by atomic mass is 32.2. The van der Waals surface area contributed by atoms with E-state index in [0.29, 0.717) is 25.3 Å². The summed E-state index contributed by atoms with van der Waals surface area (Å²) in [6, 6.07) is 6.70. The Labute approximate surface area is 165 Å². The molecule has 28 heavy (non-hydrogen) atoms. The molecule has 7 nitrogen and oxygen atoms in total. The molecule has 3 fully saturated rings. The number of sulfonamides is 1. The molecule has 0 bridgehead atoms. The minimum atomic E-state index is -3.58. The van der Waals surface area contributed by atoms with E-state index in [1.165, 1.54) is 23.2 Å². The molecular weight excluding hydrogens is 380 g/mol. The molecule has 2 saturated heterocycles. The van der Waals surface area contributed by atoms with Crippen LogP contribution in [0.3, 0.4) is 0 Å². The van der Waals surface area contributed by atoms with Gasteiger partial charge in [-0.3, -0.25) is 4.79 Å². The summed E-state index contributed by atoms with van der Waals surface area (Å²) in [5, 5.41) is 2.72. The van der Waals surface area contributed by atoms with Crippen molar-refractivity contribution in [2.24, 2.45) is 5.92 Å². The molecule has 0 aromatic heterocycles. The fraction of sp³-hybridized carbons (Fsp3) is 0.550. The third-order valence-corrected chi connectivity index (χ3v) is 7.60. The van der Waals surface area contributed by atoms with Crippen molar-refractivity contribution in [2.75, 3.05) is 13.1 Å². The number of nitrogens with one attached hydrogen (secondary N) is 1. The van der Waals surface area contributed by atoms with Crippen molar-refractivity contribution in [3.8, 4) is 5.75 Å². The summed E-state index contributed by atoms with van der Waals surface area (Å²) in [4.78, 5) is 11.7. The molecule has 3 atom stereocenters. The molecule has 3 aliphatic rings. The largest absolute Gasteiger partial charge is 0.490 e. The van der Waals surface area contributed by atoms with Crippen LogP contribution in [0, 0.1) is 5.92 Å². The lowest BCUT2D eigenvalue weighted by Crippen LogP contribution is -2.37. The van der Waals surface area contributed by atoms with Crippen LogP contribution >= 0.6 is 0 Å². The molecule has 1 aromatic carbocycles. The third-order valence-electron chi connectivity index (χ3n) is 5.76. The molecule has 1 saturated carbocycles. The van der Waals surface area contributed by atoms with E-state index in [4.69, 9.17) is 9.47 Å². The average molecular weight is 407 g/mol. The van der Waals surface area contributed by atoms with Crippen LogP contribution in [-0.2, 0) is 19.6 Å². The molecule has 0 radical (unpaired) electrons. The van der Waals surface area contributed by atoms with Gasteiger partial charge in [0, 0.05) is 19.0 Å². The Balaban J connectivity index is 1.37. The van der Waals surface area contributed by atoms with Gasteiger partial charge in [-0.25, -0.2) is 8.42 Å². The molecule has 4 rings (SSSR count). The minimum Gasteiger partial charge on any atom is -0.490 e. The molecule has 1 N–H and O–H groups in total. The topological polar surface area (TPSA) is 84.9 Å². The lowest BCUT2D eigenvalue weighted by Gasteiger charge is -2.20. The van der Waals surface area contributed by atoms with Crippen LogP contribution in [-0.4, -0.2) is 50.2 Å². The summed E-state index contributed by atoms with van der Waals surface area (Å²) >= 11 is 0. The predicted molar refractivity (Wildman–Crippen MR) is 103 cm³/mol. The first-order chi connectivity index (χ1) is 13.5. The highest BCUT2D eigenvalue weighted by molar-refractivity contribution is 7.89. The number of rotatable bonds is 6. The van der Waals surface area contributed by atoms with Gasteiger partial charge >= 0.3 is 0 Å². The summed E-state index contributed by atoms with van der Waals surface area (Å²) in [5.41, 5.74) is 0. The summed E-state index contributed by atoms with van der Waals surface area (Å²) < 4.78 is 39.1. The fourth-order valence-corrected chi connectivity index (χ4v) is 5.78. The van der Waals surface area contributed by atoms with E-state index < -0.39 is 10.0 Å². The monoisotopic (exact) mass is 406 g/mol. The fourth-order valence-electron chi connectivity index (χ4n) is 4.27. The number of amides is 1. The van der Waals surface area contributed by atoms with Crippen molar-refractivity contribution in [1.82, 2.24) is 9.62 Å². The number of fused-ring (bicyclic) bond motifs is 1. The molecule has 2 aliphatic heterocycles. The number of nitrogens with zero attached hydrogens (tertiary/aromatic N) is 1. The third kappa shape index (κ3) is 3.94. The summed E-state index contributed by atoms with van der Waals surface area (Å²) in [6.45, 7) is 4.12. The van der Waals surface area contributed by atoms with E-state index in [2.05, 4.69) is 11.9 Å². The van der Waals surface area contributed by atoms with Crippen molar-refractivity contribution in [3.63, 3.8) is 0 Å². The molecule has 8 heteroatoms. The Morgan fingerprint density at radius 1 is 1.21 bits per heavy atom. The first-order valence-corrected chi connectivity index (χ1v) is 11.2. The van der Waals surface area contributed by atoms with Gasteiger partial charge in [0.1, 0.15) is 12.0 Å². The first-order valence-electron chi connectivity index (χ1n) is 9.81. The van der Waals surface area contributed by atoms with E-state index in [1.807, 2.05) is 0 Å². The molecule has 3 unspecified atom stereocenters. The highest BCUT2D eigenvalue weighted by Crippen LogP contribution is 2.35. The summed E-state index contributed by atoms with van der Waals surface area (Å²) in [5.74, 6) is 0.512. The van der Waals surface area contributed by atoms with Crippen molar-refractivity contribution in [1.29, 1.82) is 0 Å². The zero-order chi connectivity index (χ0) is 19.7. The maximum absolute atomic E-state index is 13.0. The van der Waals surface area contributed by atoms with Crippen LogP contribution in [0.1, 0.15) is 32.1 Å². The number of carbonyl (C=O) groups excluding carboxylic acids is 1.